The van der Waals surface area contributed by atoms with E-state index in [9.17, 15) is 19.5 Å². The van der Waals surface area contributed by atoms with Crippen LogP contribution in [0.15, 0.2) is 24.3 Å². The molecule has 0 aliphatic carbocycles. The first-order valence-corrected chi connectivity index (χ1v) is 7.86. The number of carbonyl (C=O) groups excluding carboxylic acids is 3. The third-order valence-electron chi connectivity index (χ3n) is 4.96. The zero-order valence-electron chi connectivity index (χ0n) is 13.8. The van der Waals surface area contributed by atoms with Gasteiger partial charge in [-0.25, -0.2) is 0 Å². The van der Waals surface area contributed by atoms with Crippen molar-refractivity contribution in [3.05, 3.63) is 29.8 Å². The molecule has 0 spiro atoms. The number of carbonyl (C=O) groups is 3. The lowest BCUT2D eigenvalue weighted by atomic mass is 9.80. The maximum Gasteiger partial charge on any atom is 0.326 e. The predicted octanol–water partition coefficient (Wildman–Crippen LogP) is 0.589. The van der Waals surface area contributed by atoms with Gasteiger partial charge in [-0.3, -0.25) is 24.6 Å². The monoisotopic (exact) mass is 332 g/mol. The number of esters is 1. The van der Waals surface area contributed by atoms with E-state index in [1.807, 2.05) is 0 Å². The number of nitrogens with one attached hydrogen (secondary N) is 1. The highest BCUT2D eigenvalue weighted by atomic mass is 16.5. The number of hydrogen-bond acceptors (Lipinski definition) is 6. The van der Waals surface area contributed by atoms with Crippen molar-refractivity contribution in [2.45, 2.75) is 25.4 Å². The van der Waals surface area contributed by atoms with Crippen molar-refractivity contribution in [2.24, 2.45) is 11.8 Å². The van der Waals surface area contributed by atoms with E-state index in [-0.39, 0.29) is 24.2 Å². The molecule has 4 atom stereocenters. The second-order valence-corrected chi connectivity index (χ2v) is 6.38. The maximum absolute atomic E-state index is 12.6. The Bertz CT molecular complexity index is 701. The molecular formula is C17H20N2O5. The Hall–Kier alpha value is -2.41. The normalized spacial score (nSPS) is 32.1. The fourth-order valence-electron chi connectivity index (χ4n) is 3.72. The van der Waals surface area contributed by atoms with E-state index in [4.69, 9.17) is 4.74 Å². The van der Waals surface area contributed by atoms with E-state index in [2.05, 4.69) is 5.32 Å². The van der Waals surface area contributed by atoms with Crippen LogP contribution < -0.4 is 5.32 Å². The van der Waals surface area contributed by atoms with E-state index in [0.717, 1.165) is 10.5 Å². The molecule has 24 heavy (non-hydrogen) atoms. The quantitative estimate of drug-likeness (QED) is 0.621. The number of phenolic OH excluding ortho intramolecular Hbond substituents is 1. The fourth-order valence-corrected chi connectivity index (χ4v) is 3.72. The molecule has 7 nitrogen and oxygen atoms in total. The summed E-state index contributed by atoms with van der Waals surface area (Å²) in [6.45, 7) is 3.49. The summed E-state index contributed by atoms with van der Waals surface area (Å²) >= 11 is 0. The minimum absolute atomic E-state index is 0.104. The number of phenols is 1. The van der Waals surface area contributed by atoms with Crippen LogP contribution in [0.1, 0.15) is 25.5 Å². The fraction of sp³-hybridized carbons (Fsp3) is 0.471. The minimum Gasteiger partial charge on any atom is -0.508 e. The topological polar surface area (TPSA) is 95.9 Å². The highest BCUT2D eigenvalue weighted by Gasteiger charge is 2.66. The summed E-state index contributed by atoms with van der Waals surface area (Å²) in [5, 5.41) is 12.6. The average Bonchev–Trinajstić information content (AvgIpc) is 2.99. The van der Waals surface area contributed by atoms with Crippen LogP contribution in [0.3, 0.4) is 0 Å². The minimum atomic E-state index is -1.28. The molecule has 2 heterocycles. The van der Waals surface area contributed by atoms with Gasteiger partial charge in [0.15, 0.2) is 0 Å². The van der Waals surface area contributed by atoms with Crippen molar-refractivity contribution in [1.82, 2.24) is 10.2 Å². The molecule has 2 amide bonds. The summed E-state index contributed by atoms with van der Waals surface area (Å²) in [5.74, 6) is -2.63. The van der Waals surface area contributed by atoms with Crippen LogP contribution in [0.2, 0.25) is 0 Å². The molecule has 2 aliphatic rings. The lowest BCUT2D eigenvalue weighted by Crippen LogP contribution is -2.53. The number of imide groups is 1. The third-order valence-corrected chi connectivity index (χ3v) is 4.96. The number of benzene rings is 1. The van der Waals surface area contributed by atoms with Crippen LogP contribution in [-0.4, -0.2) is 47.0 Å². The third kappa shape index (κ3) is 2.19. The summed E-state index contributed by atoms with van der Waals surface area (Å²) in [5.41, 5.74) is -0.548. The second kappa shape index (κ2) is 5.59. The molecule has 128 valence electrons. The SMILES string of the molecule is CCOC(=O)[C@@]1(C)N[C@@H](c2ccc(O)cc2)[C@H]2C(=O)N(C)C(=O)[C@H]21. The maximum atomic E-state index is 12.6. The summed E-state index contributed by atoms with van der Waals surface area (Å²) in [7, 11) is 1.43. The average molecular weight is 332 g/mol. The first-order valence-electron chi connectivity index (χ1n) is 7.86. The molecular weight excluding hydrogens is 312 g/mol. The summed E-state index contributed by atoms with van der Waals surface area (Å²) < 4.78 is 5.14. The van der Waals surface area contributed by atoms with Gasteiger partial charge in [0.1, 0.15) is 11.3 Å². The molecule has 7 heteroatoms. The number of rotatable bonds is 3. The number of aromatic hydroxyl groups is 1. The van der Waals surface area contributed by atoms with Gasteiger partial charge >= 0.3 is 5.97 Å². The number of nitrogens with zero attached hydrogens (tertiary/aromatic N) is 1. The van der Waals surface area contributed by atoms with Crippen molar-refractivity contribution in [1.29, 1.82) is 0 Å². The Balaban J connectivity index is 2.06. The highest BCUT2D eigenvalue weighted by Crippen LogP contribution is 2.48. The van der Waals surface area contributed by atoms with Crippen molar-refractivity contribution < 1.29 is 24.2 Å². The lowest BCUT2D eigenvalue weighted by Gasteiger charge is -2.28. The van der Waals surface area contributed by atoms with Crippen molar-refractivity contribution in [3.63, 3.8) is 0 Å². The Morgan fingerprint density at radius 2 is 1.92 bits per heavy atom. The molecule has 2 N–H and O–H groups in total. The lowest BCUT2D eigenvalue weighted by molar-refractivity contribution is -0.155. The van der Waals surface area contributed by atoms with Crippen LogP contribution in [0.25, 0.3) is 0 Å². The molecule has 2 aliphatic heterocycles. The molecule has 3 rings (SSSR count). The summed E-state index contributed by atoms with van der Waals surface area (Å²) in [6.07, 6.45) is 0. The Kier molecular flexibility index (Phi) is 3.83. The summed E-state index contributed by atoms with van der Waals surface area (Å²) in [6, 6.07) is 5.87. The first kappa shape index (κ1) is 16.4. The van der Waals surface area contributed by atoms with Gasteiger partial charge in [-0.2, -0.15) is 0 Å². The van der Waals surface area contributed by atoms with Gasteiger partial charge in [-0.1, -0.05) is 12.1 Å². The molecule has 0 bridgehead atoms. The van der Waals surface area contributed by atoms with Crippen molar-refractivity contribution in [3.8, 4) is 5.75 Å². The Labute approximate surface area is 139 Å². The molecule has 0 aromatic heterocycles. The Morgan fingerprint density at radius 3 is 2.50 bits per heavy atom. The second-order valence-electron chi connectivity index (χ2n) is 6.38. The van der Waals surface area contributed by atoms with Crippen LogP contribution in [0.5, 0.6) is 5.75 Å². The smallest absolute Gasteiger partial charge is 0.326 e. The highest BCUT2D eigenvalue weighted by molar-refractivity contribution is 6.09. The number of fused-ring (bicyclic) bond motifs is 1. The van der Waals surface area contributed by atoms with Crippen molar-refractivity contribution >= 4 is 17.8 Å². The van der Waals surface area contributed by atoms with Crippen LogP contribution in [0, 0.1) is 11.8 Å². The molecule has 0 unspecified atom stereocenters. The van der Waals surface area contributed by atoms with Crippen molar-refractivity contribution in [2.75, 3.05) is 13.7 Å². The van der Waals surface area contributed by atoms with Gasteiger partial charge in [-0.15, -0.1) is 0 Å². The van der Waals surface area contributed by atoms with E-state index >= 15 is 0 Å². The molecule has 2 fully saturated rings. The van der Waals surface area contributed by atoms with E-state index in [1.54, 1.807) is 26.0 Å². The van der Waals surface area contributed by atoms with Gasteiger partial charge in [0.25, 0.3) is 0 Å². The molecule has 1 aromatic rings. The van der Waals surface area contributed by atoms with E-state index in [0.29, 0.717) is 0 Å². The predicted molar refractivity (Wildman–Crippen MR) is 83.8 cm³/mol. The van der Waals surface area contributed by atoms with Gasteiger partial charge in [-0.05, 0) is 31.5 Å². The van der Waals surface area contributed by atoms with Crippen LogP contribution in [0.4, 0.5) is 0 Å². The number of ether oxygens (including phenoxy) is 1. The van der Waals surface area contributed by atoms with E-state index < -0.39 is 29.4 Å². The van der Waals surface area contributed by atoms with Gasteiger partial charge in [0.2, 0.25) is 11.8 Å². The molecule has 1 aromatic carbocycles. The number of hydrogen-bond donors (Lipinski definition) is 2. The zero-order chi connectivity index (χ0) is 17.6. The largest absolute Gasteiger partial charge is 0.508 e. The number of amides is 2. The van der Waals surface area contributed by atoms with Gasteiger partial charge in [0, 0.05) is 13.1 Å². The number of likely N-dealkylation sites (tertiary alicyclic amines) is 1. The molecule has 0 saturated carbocycles. The van der Waals surface area contributed by atoms with Gasteiger partial charge in [0.05, 0.1) is 18.4 Å². The van der Waals surface area contributed by atoms with Crippen LogP contribution >= 0.6 is 0 Å². The van der Waals surface area contributed by atoms with Gasteiger partial charge < -0.3 is 9.84 Å². The van der Waals surface area contributed by atoms with Crippen LogP contribution in [-0.2, 0) is 19.1 Å². The molecule has 0 radical (unpaired) electrons. The van der Waals surface area contributed by atoms with E-state index in [1.165, 1.54) is 19.2 Å². The standard InChI is InChI=1S/C17H20N2O5/c1-4-24-16(23)17(2)12-11(14(21)19(3)15(12)22)13(18-17)9-5-7-10(20)8-6-9/h5-8,11-13,18,20H,4H2,1-3H3/t11-,12-,13-,17-/m0/s1. The first-order chi connectivity index (χ1) is 11.3. The molecule has 2 saturated heterocycles. The summed E-state index contributed by atoms with van der Waals surface area (Å²) in [4.78, 5) is 38.7. The Morgan fingerprint density at radius 1 is 1.29 bits per heavy atom. The zero-order valence-corrected chi connectivity index (χ0v) is 13.8.